The summed E-state index contributed by atoms with van der Waals surface area (Å²) in [6, 6.07) is 0. The Morgan fingerprint density at radius 3 is 2.94 bits per heavy atom. The number of H-pyrrole nitrogens is 1. The van der Waals surface area contributed by atoms with E-state index in [1.165, 1.54) is 6.33 Å². The van der Waals surface area contributed by atoms with Crippen LogP contribution in [0.1, 0.15) is 25.1 Å². The largest absolute Gasteiger partial charge is 0.409 e. The van der Waals surface area contributed by atoms with Crippen molar-refractivity contribution in [3.8, 4) is 0 Å². The molecule has 0 atom stereocenters. The van der Waals surface area contributed by atoms with Crippen LogP contribution in [-0.4, -0.2) is 32.1 Å². The number of rotatable bonds is 4. The third kappa shape index (κ3) is 1.93. The first-order valence-electron chi connectivity index (χ1n) is 5.29. The minimum Gasteiger partial charge on any atom is -0.409 e. The Morgan fingerprint density at radius 2 is 2.47 bits per heavy atom. The molecule has 2 rings (SSSR count). The van der Waals surface area contributed by atoms with Crippen molar-refractivity contribution in [2.75, 3.05) is 0 Å². The number of hydrogen-bond acceptors (Lipinski definition) is 5. The fourth-order valence-corrected chi connectivity index (χ4v) is 1.87. The highest BCUT2D eigenvalue weighted by Gasteiger charge is 2.48. The highest BCUT2D eigenvalue weighted by molar-refractivity contribution is 6.07. The number of amidine groups is 1. The van der Waals surface area contributed by atoms with Crippen molar-refractivity contribution in [3.05, 3.63) is 12.2 Å². The molecule has 1 aliphatic carbocycles. The van der Waals surface area contributed by atoms with Gasteiger partial charge in [-0.15, -0.1) is 0 Å². The molecule has 1 amide bonds. The van der Waals surface area contributed by atoms with Gasteiger partial charge in [0.1, 0.15) is 17.6 Å². The van der Waals surface area contributed by atoms with Crippen molar-refractivity contribution in [2.45, 2.75) is 25.8 Å². The summed E-state index contributed by atoms with van der Waals surface area (Å²) in [4.78, 5) is 15.9. The molecule has 0 radical (unpaired) electrons. The van der Waals surface area contributed by atoms with Gasteiger partial charge in [0.05, 0.1) is 6.54 Å². The zero-order valence-electron chi connectivity index (χ0n) is 9.18. The van der Waals surface area contributed by atoms with Gasteiger partial charge in [0.15, 0.2) is 5.84 Å². The number of amides is 1. The van der Waals surface area contributed by atoms with E-state index >= 15 is 0 Å². The summed E-state index contributed by atoms with van der Waals surface area (Å²) in [5.74, 6) is 0.293. The first kappa shape index (κ1) is 11.4. The minimum absolute atomic E-state index is 0.0289. The second-order valence-corrected chi connectivity index (χ2v) is 4.04. The maximum absolute atomic E-state index is 12.0. The molecule has 1 aromatic rings. The molecule has 5 N–H and O–H groups in total. The van der Waals surface area contributed by atoms with Crippen LogP contribution in [0.5, 0.6) is 0 Å². The van der Waals surface area contributed by atoms with E-state index in [4.69, 9.17) is 10.9 Å². The molecular formula is C9H14N6O2. The number of nitrogens with zero attached hydrogens (tertiary/aromatic N) is 3. The van der Waals surface area contributed by atoms with Crippen molar-refractivity contribution in [2.24, 2.45) is 16.3 Å². The highest BCUT2D eigenvalue weighted by Crippen LogP contribution is 2.41. The average molecular weight is 238 g/mol. The summed E-state index contributed by atoms with van der Waals surface area (Å²) in [5, 5.41) is 20.6. The predicted octanol–water partition coefficient (Wildman–Crippen LogP) is -0.662. The quantitative estimate of drug-likeness (QED) is 0.239. The van der Waals surface area contributed by atoms with Gasteiger partial charge in [0.2, 0.25) is 5.91 Å². The van der Waals surface area contributed by atoms with Gasteiger partial charge in [-0.05, 0) is 12.8 Å². The van der Waals surface area contributed by atoms with Crippen LogP contribution < -0.4 is 11.1 Å². The first-order chi connectivity index (χ1) is 8.19. The number of nitrogens with one attached hydrogen (secondary N) is 2. The third-order valence-electron chi connectivity index (χ3n) is 3.12. The van der Waals surface area contributed by atoms with E-state index in [9.17, 15) is 4.79 Å². The van der Waals surface area contributed by atoms with Crippen molar-refractivity contribution in [3.63, 3.8) is 0 Å². The van der Waals surface area contributed by atoms with Crippen LogP contribution in [0.4, 0.5) is 0 Å². The van der Waals surface area contributed by atoms with Gasteiger partial charge < -0.3 is 16.3 Å². The van der Waals surface area contributed by atoms with Gasteiger partial charge in [-0.1, -0.05) is 11.6 Å². The fraction of sp³-hybridized carbons (Fsp3) is 0.556. The van der Waals surface area contributed by atoms with Crippen LogP contribution in [0, 0.1) is 5.41 Å². The number of carbonyl (C=O) groups excluding carboxylic acids is 1. The second kappa shape index (κ2) is 4.40. The molecule has 0 saturated heterocycles. The Labute approximate surface area is 97.3 Å². The van der Waals surface area contributed by atoms with Crippen LogP contribution >= 0.6 is 0 Å². The van der Waals surface area contributed by atoms with Crippen LogP contribution in [-0.2, 0) is 11.3 Å². The Kier molecular flexibility index (Phi) is 2.94. The van der Waals surface area contributed by atoms with Gasteiger partial charge in [-0.25, -0.2) is 4.98 Å². The summed E-state index contributed by atoms with van der Waals surface area (Å²) >= 11 is 0. The molecule has 0 bridgehead atoms. The van der Waals surface area contributed by atoms with Gasteiger partial charge in [0.25, 0.3) is 0 Å². The van der Waals surface area contributed by atoms with E-state index in [-0.39, 0.29) is 18.3 Å². The van der Waals surface area contributed by atoms with Gasteiger partial charge in [0, 0.05) is 0 Å². The monoisotopic (exact) mass is 238 g/mol. The number of aromatic amines is 1. The summed E-state index contributed by atoms with van der Waals surface area (Å²) in [5.41, 5.74) is 4.71. The van der Waals surface area contributed by atoms with Crippen molar-refractivity contribution < 1.29 is 10.0 Å². The van der Waals surface area contributed by atoms with Crippen LogP contribution in [0.2, 0.25) is 0 Å². The van der Waals surface area contributed by atoms with E-state index < -0.39 is 5.41 Å². The SMILES string of the molecule is NC(=NO)C1(C(=O)NCc2ncn[nH]2)CCC1. The Bertz CT molecular complexity index is 423. The Morgan fingerprint density at radius 1 is 1.71 bits per heavy atom. The summed E-state index contributed by atoms with van der Waals surface area (Å²) < 4.78 is 0. The highest BCUT2D eigenvalue weighted by atomic mass is 16.4. The fourth-order valence-electron chi connectivity index (χ4n) is 1.87. The summed E-state index contributed by atoms with van der Waals surface area (Å²) in [6.45, 7) is 0.249. The van der Waals surface area contributed by atoms with Crippen LogP contribution in [0.25, 0.3) is 0 Å². The Hall–Kier alpha value is -2.12. The average Bonchev–Trinajstić information content (AvgIpc) is 2.77. The minimum atomic E-state index is -0.852. The summed E-state index contributed by atoms with van der Waals surface area (Å²) in [6.07, 6.45) is 3.46. The molecule has 1 heterocycles. The molecule has 92 valence electrons. The van der Waals surface area contributed by atoms with Crippen LogP contribution in [0.15, 0.2) is 11.5 Å². The number of aromatic nitrogens is 3. The standard InChI is InChI=1S/C9H14N6O2/c10-7(15-17)9(2-1-3-9)8(16)11-4-6-12-5-13-14-6/h5,17H,1-4H2,(H2,10,15)(H,11,16)(H,12,13,14). The lowest BCUT2D eigenvalue weighted by atomic mass is 9.67. The molecule has 8 heteroatoms. The molecule has 0 unspecified atom stereocenters. The third-order valence-corrected chi connectivity index (χ3v) is 3.12. The van der Waals surface area contributed by atoms with Crippen LogP contribution in [0.3, 0.4) is 0 Å². The molecule has 0 spiro atoms. The zero-order chi connectivity index (χ0) is 12.3. The van der Waals surface area contributed by atoms with E-state index in [1.54, 1.807) is 0 Å². The van der Waals surface area contributed by atoms with Gasteiger partial charge in [-0.3, -0.25) is 9.89 Å². The molecular weight excluding hydrogens is 224 g/mol. The van der Waals surface area contributed by atoms with E-state index in [0.717, 1.165) is 6.42 Å². The maximum atomic E-state index is 12.0. The second-order valence-electron chi connectivity index (χ2n) is 4.04. The van der Waals surface area contributed by atoms with Crippen molar-refractivity contribution >= 4 is 11.7 Å². The smallest absolute Gasteiger partial charge is 0.234 e. The lowest BCUT2D eigenvalue weighted by Crippen LogP contribution is -2.53. The lowest BCUT2D eigenvalue weighted by Gasteiger charge is -2.38. The van der Waals surface area contributed by atoms with Gasteiger partial charge in [-0.2, -0.15) is 5.10 Å². The van der Waals surface area contributed by atoms with E-state index in [1.807, 2.05) is 0 Å². The van der Waals surface area contributed by atoms with E-state index in [2.05, 4.69) is 25.7 Å². The number of nitrogens with two attached hydrogens (primary N) is 1. The molecule has 1 saturated carbocycles. The molecule has 8 nitrogen and oxygen atoms in total. The molecule has 1 fully saturated rings. The molecule has 0 aliphatic heterocycles. The van der Waals surface area contributed by atoms with Crippen molar-refractivity contribution in [1.82, 2.24) is 20.5 Å². The number of oxime groups is 1. The predicted molar refractivity (Wildman–Crippen MR) is 57.9 cm³/mol. The maximum Gasteiger partial charge on any atom is 0.234 e. The molecule has 17 heavy (non-hydrogen) atoms. The Balaban J connectivity index is 1.99. The summed E-state index contributed by atoms with van der Waals surface area (Å²) in [7, 11) is 0. The zero-order valence-corrected chi connectivity index (χ0v) is 9.18. The van der Waals surface area contributed by atoms with Crippen molar-refractivity contribution in [1.29, 1.82) is 0 Å². The molecule has 1 aliphatic rings. The van der Waals surface area contributed by atoms with Gasteiger partial charge >= 0.3 is 0 Å². The number of hydrogen-bond donors (Lipinski definition) is 4. The molecule has 1 aromatic heterocycles. The number of carbonyl (C=O) groups is 1. The van der Waals surface area contributed by atoms with E-state index in [0.29, 0.717) is 18.7 Å². The topological polar surface area (TPSA) is 129 Å². The molecule has 0 aromatic carbocycles. The lowest BCUT2D eigenvalue weighted by molar-refractivity contribution is -0.131. The first-order valence-corrected chi connectivity index (χ1v) is 5.29. The normalized spacial score (nSPS) is 18.5.